The zero-order valence-corrected chi connectivity index (χ0v) is 15.1. The minimum atomic E-state index is -0.759. The number of hydrogen-bond acceptors (Lipinski definition) is 3. The van der Waals surface area contributed by atoms with Crippen LogP contribution in [0.1, 0.15) is 35.5 Å². The Kier molecular flexibility index (Phi) is 5.63. The Morgan fingerprint density at radius 1 is 1.42 bits per heavy atom. The summed E-state index contributed by atoms with van der Waals surface area (Å²) in [4.78, 5) is 12.5. The summed E-state index contributed by atoms with van der Waals surface area (Å²) in [6.45, 7) is 5.78. The van der Waals surface area contributed by atoms with Crippen LogP contribution in [0.15, 0.2) is 24.3 Å². The van der Waals surface area contributed by atoms with Gasteiger partial charge in [0, 0.05) is 29.2 Å². The third-order valence-electron chi connectivity index (χ3n) is 4.25. The molecule has 5 nitrogen and oxygen atoms in total. The van der Waals surface area contributed by atoms with E-state index in [9.17, 15) is 10.1 Å². The molecular weight excluding hydrogens is 324 g/mol. The molecule has 0 unspecified atom stereocenters. The maximum Gasteiger partial charge on any atom is 0.224 e. The molecule has 0 aliphatic carbocycles. The Bertz CT molecular complexity index is 791. The number of benzene rings is 1. The molecule has 0 bridgehead atoms. The van der Waals surface area contributed by atoms with Crippen LogP contribution in [0.5, 0.6) is 0 Å². The van der Waals surface area contributed by atoms with Crippen molar-refractivity contribution in [2.24, 2.45) is 13.0 Å². The van der Waals surface area contributed by atoms with E-state index in [0.29, 0.717) is 17.0 Å². The molecule has 2 aromatic rings. The first-order valence-corrected chi connectivity index (χ1v) is 8.16. The average Bonchev–Trinajstić information content (AvgIpc) is 2.79. The van der Waals surface area contributed by atoms with Gasteiger partial charge in [0.2, 0.25) is 5.91 Å². The van der Waals surface area contributed by atoms with Crippen LogP contribution in [0.3, 0.4) is 0 Å². The summed E-state index contributed by atoms with van der Waals surface area (Å²) in [5.74, 6) is -0.450. The highest BCUT2D eigenvalue weighted by atomic mass is 35.5. The molecule has 0 radical (unpaired) electrons. The number of rotatable bonds is 5. The van der Waals surface area contributed by atoms with E-state index in [1.807, 2.05) is 32.5 Å². The third-order valence-corrected chi connectivity index (χ3v) is 4.59. The number of amides is 1. The van der Waals surface area contributed by atoms with Gasteiger partial charge in [-0.1, -0.05) is 36.7 Å². The lowest BCUT2D eigenvalue weighted by Crippen LogP contribution is -2.33. The van der Waals surface area contributed by atoms with E-state index in [4.69, 9.17) is 11.6 Å². The first-order chi connectivity index (χ1) is 11.3. The number of carbonyl (C=O) groups is 1. The Hall–Kier alpha value is -2.32. The van der Waals surface area contributed by atoms with Gasteiger partial charge < -0.3 is 5.32 Å². The number of carbonyl (C=O) groups excluding carboxylic acids is 1. The van der Waals surface area contributed by atoms with E-state index in [2.05, 4.69) is 16.5 Å². The zero-order chi connectivity index (χ0) is 17.9. The lowest BCUT2D eigenvalue weighted by molar-refractivity contribution is -0.124. The first kappa shape index (κ1) is 18.0. The van der Waals surface area contributed by atoms with Crippen molar-refractivity contribution in [3.05, 3.63) is 51.8 Å². The minimum absolute atomic E-state index is 0.177. The number of halogens is 1. The first-order valence-electron chi connectivity index (χ1n) is 7.78. The van der Waals surface area contributed by atoms with E-state index in [0.717, 1.165) is 17.0 Å². The fraction of sp³-hybridized carbons (Fsp3) is 0.389. The Morgan fingerprint density at radius 2 is 2.08 bits per heavy atom. The zero-order valence-electron chi connectivity index (χ0n) is 14.3. The average molecular weight is 345 g/mol. The quantitative estimate of drug-likeness (QED) is 0.905. The number of aryl methyl sites for hydroxylation is 2. The van der Waals surface area contributed by atoms with Crippen LogP contribution in [0.2, 0.25) is 5.02 Å². The molecule has 2 rings (SSSR count). The summed E-state index contributed by atoms with van der Waals surface area (Å²) < 4.78 is 1.82. The molecule has 24 heavy (non-hydrogen) atoms. The van der Waals surface area contributed by atoms with Crippen molar-refractivity contribution >= 4 is 17.5 Å². The monoisotopic (exact) mass is 344 g/mol. The number of hydrogen-bond donors (Lipinski definition) is 1. The number of nitrogens with one attached hydrogen (secondary N) is 1. The lowest BCUT2D eigenvalue weighted by Gasteiger charge is -2.17. The third kappa shape index (κ3) is 3.77. The molecule has 0 saturated carbocycles. The van der Waals surface area contributed by atoms with Crippen molar-refractivity contribution in [1.29, 1.82) is 5.26 Å². The molecule has 1 N–H and O–H groups in total. The molecule has 2 atom stereocenters. The van der Waals surface area contributed by atoms with Gasteiger partial charge in [-0.2, -0.15) is 10.4 Å². The molecule has 1 aromatic carbocycles. The smallest absolute Gasteiger partial charge is 0.224 e. The summed E-state index contributed by atoms with van der Waals surface area (Å²) in [6.07, 6.45) is 0.581. The molecule has 1 heterocycles. The van der Waals surface area contributed by atoms with Crippen molar-refractivity contribution < 1.29 is 4.79 Å². The van der Waals surface area contributed by atoms with Crippen LogP contribution in [-0.2, 0) is 18.3 Å². The second-order valence-corrected chi connectivity index (χ2v) is 6.38. The van der Waals surface area contributed by atoms with Gasteiger partial charge >= 0.3 is 0 Å². The van der Waals surface area contributed by atoms with Crippen molar-refractivity contribution in [3.63, 3.8) is 0 Å². The van der Waals surface area contributed by atoms with Gasteiger partial charge in [0.15, 0.2) is 0 Å². The van der Waals surface area contributed by atoms with Gasteiger partial charge in [-0.05, 0) is 31.9 Å². The predicted octanol–water partition coefficient (Wildman–Crippen LogP) is 3.25. The molecule has 0 saturated heterocycles. The van der Waals surface area contributed by atoms with Crippen LogP contribution in [0, 0.1) is 31.1 Å². The Balaban J connectivity index is 2.11. The molecular formula is C18H21ClN4O. The maximum absolute atomic E-state index is 12.5. The second-order valence-electron chi connectivity index (χ2n) is 5.97. The minimum Gasteiger partial charge on any atom is -0.336 e. The summed E-state index contributed by atoms with van der Waals surface area (Å²) in [5.41, 5.74) is 3.66. The van der Waals surface area contributed by atoms with E-state index in [1.54, 1.807) is 24.3 Å². The second kappa shape index (κ2) is 7.50. The molecule has 0 aliphatic rings. The standard InChI is InChI=1S/C18H21ClN4O/c1-11(9-15-12(2)22-23(4)13(15)3)18(24)21-17(10-20)14-7-5-6-8-16(14)19/h5-8,11,17H,9H2,1-4H3,(H,21,24)/t11-,17-/m0/s1. The van der Waals surface area contributed by atoms with Crippen LogP contribution in [0.25, 0.3) is 0 Å². The molecule has 0 aliphatic heterocycles. The van der Waals surface area contributed by atoms with Gasteiger partial charge in [0.1, 0.15) is 6.04 Å². The summed E-state index contributed by atoms with van der Waals surface area (Å²) in [6, 6.07) is 8.38. The van der Waals surface area contributed by atoms with Crippen molar-refractivity contribution in [3.8, 4) is 6.07 Å². The number of nitriles is 1. The van der Waals surface area contributed by atoms with Crippen LogP contribution in [-0.4, -0.2) is 15.7 Å². The van der Waals surface area contributed by atoms with Gasteiger partial charge in [-0.15, -0.1) is 0 Å². The maximum atomic E-state index is 12.5. The van der Waals surface area contributed by atoms with Gasteiger partial charge in [-0.25, -0.2) is 0 Å². The molecule has 126 valence electrons. The largest absolute Gasteiger partial charge is 0.336 e. The molecule has 6 heteroatoms. The van der Waals surface area contributed by atoms with E-state index >= 15 is 0 Å². The van der Waals surface area contributed by atoms with E-state index < -0.39 is 6.04 Å². The van der Waals surface area contributed by atoms with Crippen LogP contribution >= 0.6 is 11.6 Å². The highest BCUT2D eigenvalue weighted by Gasteiger charge is 2.22. The fourth-order valence-electron chi connectivity index (χ4n) is 2.69. The normalized spacial score (nSPS) is 13.2. The summed E-state index contributed by atoms with van der Waals surface area (Å²) in [7, 11) is 1.89. The van der Waals surface area contributed by atoms with Gasteiger partial charge in [0.25, 0.3) is 0 Å². The predicted molar refractivity (Wildman–Crippen MR) is 93.5 cm³/mol. The topological polar surface area (TPSA) is 70.7 Å². The van der Waals surface area contributed by atoms with Crippen LogP contribution < -0.4 is 5.32 Å². The number of aromatic nitrogens is 2. The number of nitrogens with zero attached hydrogens (tertiary/aromatic N) is 3. The van der Waals surface area contributed by atoms with Crippen LogP contribution in [0.4, 0.5) is 0 Å². The Morgan fingerprint density at radius 3 is 2.62 bits per heavy atom. The molecule has 1 aromatic heterocycles. The van der Waals surface area contributed by atoms with Gasteiger partial charge in [-0.3, -0.25) is 9.48 Å². The fourth-order valence-corrected chi connectivity index (χ4v) is 2.93. The van der Waals surface area contributed by atoms with Crippen molar-refractivity contribution in [2.75, 3.05) is 0 Å². The SMILES string of the molecule is Cc1nn(C)c(C)c1C[C@H](C)C(=O)N[C@@H](C#N)c1ccccc1Cl. The molecule has 1 amide bonds. The lowest BCUT2D eigenvalue weighted by atomic mass is 9.98. The van der Waals surface area contributed by atoms with E-state index in [1.165, 1.54) is 0 Å². The highest BCUT2D eigenvalue weighted by Crippen LogP contribution is 2.23. The van der Waals surface area contributed by atoms with E-state index in [-0.39, 0.29) is 11.8 Å². The Labute approximate surface area is 147 Å². The molecule has 0 spiro atoms. The van der Waals surface area contributed by atoms with Gasteiger partial charge in [0.05, 0.1) is 11.8 Å². The summed E-state index contributed by atoms with van der Waals surface area (Å²) >= 11 is 6.12. The summed E-state index contributed by atoms with van der Waals surface area (Å²) in [5, 5.41) is 17.0. The highest BCUT2D eigenvalue weighted by molar-refractivity contribution is 6.31. The van der Waals surface area contributed by atoms with Crippen molar-refractivity contribution in [1.82, 2.24) is 15.1 Å². The van der Waals surface area contributed by atoms with Crippen molar-refractivity contribution in [2.45, 2.75) is 33.2 Å². The molecule has 0 fully saturated rings.